The van der Waals surface area contributed by atoms with Crippen molar-refractivity contribution in [1.82, 2.24) is 0 Å². The molecule has 1 heterocycles. The number of para-hydroxylation sites is 2. The predicted octanol–water partition coefficient (Wildman–Crippen LogP) is 14.2. The molecule has 0 aliphatic carbocycles. The summed E-state index contributed by atoms with van der Waals surface area (Å²) in [5, 5.41) is 7.72. The first kappa shape index (κ1) is 30.2. The summed E-state index contributed by atoms with van der Waals surface area (Å²) in [6.07, 6.45) is 0. The summed E-state index contributed by atoms with van der Waals surface area (Å²) in [5.74, 6) is 0. The average Bonchev–Trinajstić information content (AvgIpc) is 3.54. The van der Waals surface area contributed by atoms with E-state index in [1.807, 2.05) is 11.3 Å². The van der Waals surface area contributed by atoms with Crippen LogP contribution in [0.1, 0.15) is 16.7 Å². The minimum atomic E-state index is 1.14. The van der Waals surface area contributed by atoms with Crippen LogP contribution < -0.4 is 9.80 Å². The highest BCUT2D eigenvalue weighted by molar-refractivity contribution is 7.26. The first-order valence-electron chi connectivity index (χ1n) is 17.2. The van der Waals surface area contributed by atoms with Gasteiger partial charge in [0, 0.05) is 54.3 Å². The van der Waals surface area contributed by atoms with Gasteiger partial charge in [-0.2, -0.15) is 0 Å². The summed E-state index contributed by atoms with van der Waals surface area (Å²) in [4.78, 5) is 4.73. The Kier molecular flexibility index (Phi) is 7.37. The van der Waals surface area contributed by atoms with E-state index in [1.54, 1.807) is 0 Å². The normalized spacial score (nSPS) is 11.5. The maximum atomic E-state index is 2.38. The smallest absolute Gasteiger partial charge is 0.0490 e. The Bertz CT molecular complexity index is 2670. The van der Waals surface area contributed by atoms with Crippen LogP contribution in [0.3, 0.4) is 0 Å². The van der Waals surface area contributed by atoms with E-state index < -0.39 is 0 Å². The van der Waals surface area contributed by atoms with Crippen molar-refractivity contribution in [2.45, 2.75) is 20.8 Å². The predicted molar refractivity (Wildman–Crippen MR) is 218 cm³/mol. The fourth-order valence-electron chi connectivity index (χ4n) is 7.33. The molecule has 0 bridgehead atoms. The summed E-state index contributed by atoms with van der Waals surface area (Å²) >= 11 is 1.88. The standard InChI is InChI=1S/C47H36N2S/c1-31-13-19-37(20-14-31)48(36-10-5-4-6-11-36)39-23-25-41-34(29-39)17-27-44-46(41)47-42-26-24-40(30-35(42)18-28-45(47)50-44)49(38-21-15-32(2)16-22-38)43-12-8-7-9-33(43)3/h4-30H,1-3H3. The van der Waals surface area contributed by atoms with Gasteiger partial charge in [-0.1, -0.05) is 96.1 Å². The molecule has 0 amide bonds. The molecule has 1 aromatic heterocycles. The van der Waals surface area contributed by atoms with Crippen LogP contribution in [-0.4, -0.2) is 0 Å². The van der Waals surface area contributed by atoms with Gasteiger partial charge in [0.05, 0.1) is 0 Å². The van der Waals surface area contributed by atoms with Crippen LogP contribution in [0.25, 0.3) is 41.7 Å². The second kappa shape index (κ2) is 12.2. The number of anilines is 6. The Morgan fingerprint density at radius 1 is 0.380 bits per heavy atom. The van der Waals surface area contributed by atoms with Crippen LogP contribution in [0.2, 0.25) is 0 Å². The molecule has 50 heavy (non-hydrogen) atoms. The second-order valence-corrected chi connectivity index (χ2v) is 14.3. The van der Waals surface area contributed by atoms with Gasteiger partial charge in [-0.05, 0) is 127 Å². The highest BCUT2D eigenvalue weighted by Crippen LogP contribution is 2.45. The zero-order chi connectivity index (χ0) is 33.8. The van der Waals surface area contributed by atoms with Crippen LogP contribution >= 0.6 is 11.3 Å². The molecule has 0 spiro atoms. The minimum Gasteiger partial charge on any atom is -0.310 e. The number of hydrogen-bond donors (Lipinski definition) is 0. The van der Waals surface area contributed by atoms with Gasteiger partial charge < -0.3 is 9.80 Å². The van der Waals surface area contributed by atoms with Crippen LogP contribution in [0, 0.1) is 20.8 Å². The topological polar surface area (TPSA) is 6.48 Å². The van der Waals surface area contributed by atoms with Crippen molar-refractivity contribution in [3.8, 4) is 0 Å². The Hall–Kier alpha value is -5.90. The summed E-state index contributed by atoms with van der Waals surface area (Å²) in [6.45, 7) is 6.47. The van der Waals surface area contributed by atoms with E-state index in [0.29, 0.717) is 0 Å². The third-order valence-electron chi connectivity index (χ3n) is 9.87. The van der Waals surface area contributed by atoms with Gasteiger partial charge in [-0.25, -0.2) is 0 Å². The van der Waals surface area contributed by atoms with Gasteiger partial charge in [-0.3, -0.25) is 0 Å². The van der Waals surface area contributed by atoms with Crippen molar-refractivity contribution in [3.05, 3.63) is 180 Å². The second-order valence-electron chi connectivity index (χ2n) is 13.3. The van der Waals surface area contributed by atoms with E-state index >= 15 is 0 Å². The van der Waals surface area contributed by atoms with Gasteiger partial charge in [0.2, 0.25) is 0 Å². The molecule has 0 fully saturated rings. The Morgan fingerprint density at radius 3 is 1.40 bits per heavy atom. The van der Waals surface area contributed by atoms with Crippen LogP contribution in [-0.2, 0) is 0 Å². The third kappa shape index (κ3) is 5.19. The molecule has 0 saturated heterocycles. The number of fused-ring (bicyclic) bond motifs is 7. The molecule has 2 nitrogen and oxygen atoms in total. The highest BCUT2D eigenvalue weighted by Gasteiger charge is 2.18. The first-order valence-corrected chi connectivity index (χ1v) is 18.0. The minimum absolute atomic E-state index is 1.14. The van der Waals surface area contributed by atoms with Crippen LogP contribution in [0.15, 0.2) is 164 Å². The van der Waals surface area contributed by atoms with Crippen molar-refractivity contribution in [3.63, 3.8) is 0 Å². The molecule has 0 radical (unpaired) electrons. The van der Waals surface area contributed by atoms with Crippen molar-refractivity contribution >= 4 is 87.2 Å². The molecule has 0 atom stereocenters. The van der Waals surface area contributed by atoms with Crippen molar-refractivity contribution in [2.24, 2.45) is 0 Å². The van der Waals surface area contributed by atoms with Gasteiger partial charge in [0.25, 0.3) is 0 Å². The first-order chi connectivity index (χ1) is 24.5. The van der Waals surface area contributed by atoms with Crippen LogP contribution in [0.5, 0.6) is 0 Å². The number of nitrogens with zero attached hydrogens (tertiary/aromatic N) is 2. The lowest BCUT2D eigenvalue weighted by molar-refractivity contribution is 1.25. The quantitative estimate of drug-likeness (QED) is 0.175. The fraction of sp³-hybridized carbons (Fsp3) is 0.0638. The number of hydrogen-bond acceptors (Lipinski definition) is 3. The Morgan fingerprint density at radius 2 is 0.840 bits per heavy atom. The summed E-state index contributed by atoms with van der Waals surface area (Å²) in [7, 11) is 0. The molecule has 9 rings (SSSR count). The van der Waals surface area contributed by atoms with Gasteiger partial charge in [0.15, 0.2) is 0 Å². The van der Waals surface area contributed by atoms with Crippen molar-refractivity contribution in [2.75, 3.05) is 9.80 Å². The van der Waals surface area contributed by atoms with E-state index in [1.165, 1.54) is 64.1 Å². The Balaban J connectivity index is 1.21. The monoisotopic (exact) mass is 660 g/mol. The number of thiophene rings is 1. The molecule has 0 saturated carbocycles. The summed E-state index contributed by atoms with van der Waals surface area (Å²) in [6, 6.07) is 60.0. The molecule has 240 valence electrons. The molecule has 8 aromatic carbocycles. The average molecular weight is 661 g/mol. The van der Waals surface area contributed by atoms with Crippen LogP contribution in [0.4, 0.5) is 34.1 Å². The van der Waals surface area contributed by atoms with Gasteiger partial charge in [0.1, 0.15) is 0 Å². The maximum absolute atomic E-state index is 2.38. The molecule has 3 heteroatoms. The lowest BCUT2D eigenvalue weighted by Crippen LogP contribution is -2.11. The molecule has 0 N–H and O–H groups in total. The van der Waals surface area contributed by atoms with Gasteiger partial charge in [-0.15, -0.1) is 11.3 Å². The van der Waals surface area contributed by atoms with Gasteiger partial charge >= 0.3 is 0 Å². The Labute approximate surface area is 297 Å². The largest absolute Gasteiger partial charge is 0.310 e. The number of aryl methyl sites for hydroxylation is 3. The fourth-order valence-corrected chi connectivity index (χ4v) is 8.47. The molecule has 9 aromatic rings. The highest BCUT2D eigenvalue weighted by atomic mass is 32.1. The van der Waals surface area contributed by atoms with E-state index in [2.05, 4.69) is 194 Å². The number of benzene rings is 8. The van der Waals surface area contributed by atoms with Crippen molar-refractivity contribution < 1.29 is 0 Å². The van der Waals surface area contributed by atoms with Crippen molar-refractivity contribution in [1.29, 1.82) is 0 Å². The molecular weight excluding hydrogens is 625 g/mol. The molecule has 0 aliphatic rings. The van der Waals surface area contributed by atoms with E-state index in [4.69, 9.17) is 0 Å². The molecular formula is C47H36N2S. The SMILES string of the molecule is Cc1ccc(N(c2ccccc2)c2ccc3c(ccc4sc5ccc6cc(N(c7ccc(C)cc7)c7ccccc7C)ccc6c5c43)c2)cc1. The summed E-state index contributed by atoms with van der Waals surface area (Å²) in [5.41, 5.74) is 10.7. The lowest BCUT2D eigenvalue weighted by atomic mass is 9.98. The zero-order valence-corrected chi connectivity index (χ0v) is 29.2. The third-order valence-corrected chi connectivity index (χ3v) is 11.0. The van der Waals surface area contributed by atoms with E-state index in [0.717, 1.165) is 28.4 Å². The lowest BCUT2D eigenvalue weighted by Gasteiger charge is -2.27. The van der Waals surface area contributed by atoms with E-state index in [9.17, 15) is 0 Å². The molecule has 0 unspecified atom stereocenters. The zero-order valence-electron chi connectivity index (χ0n) is 28.4. The number of rotatable bonds is 6. The maximum Gasteiger partial charge on any atom is 0.0490 e. The molecule has 0 aliphatic heterocycles. The summed E-state index contributed by atoms with van der Waals surface area (Å²) < 4.78 is 2.63. The van der Waals surface area contributed by atoms with E-state index in [-0.39, 0.29) is 0 Å².